The van der Waals surface area contributed by atoms with E-state index in [0.29, 0.717) is 12.4 Å². The van der Waals surface area contributed by atoms with Gasteiger partial charge in [0.05, 0.1) is 19.2 Å². The summed E-state index contributed by atoms with van der Waals surface area (Å²) in [6.45, 7) is 4.48. The number of rotatable bonds is 4. The van der Waals surface area contributed by atoms with Gasteiger partial charge in [-0.15, -0.1) is 0 Å². The van der Waals surface area contributed by atoms with Gasteiger partial charge in [0.25, 0.3) is 0 Å². The lowest BCUT2D eigenvalue weighted by Gasteiger charge is -2.12. The van der Waals surface area contributed by atoms with Crippen LogP contribution in [0.25, 0.3) is 10.9 Å². The quantitative estimate of drug-likeness (QED) is 0.797. The SMILES string of the molecule is CCOc1cc(C(=O)OC)nc2c(CC)cc(Br)cc12. The molecular formula is C15H16BrNO3. The first-order valence-electron chi connectivity index (χ1n) is 6.45. The summed E-state index contributed by atoms with van der Waals surface area (Å²) in [6.07, 6.45) is 0.819. The van der Waals surface area contributed by atoms with Crippen molar-refractivity contribution in [1.29, 1.82) is 0 Å². The number of halogens is 1. The number of nitrogens with zero attached hydrogens (tertiary/aromatic N) is 1. The Labute approximate surface area is 126 Å². The minimum Gasteiger partial charge on any atom is -0.493 e. The van der Waals surface area contributed by atoms with Crippen LogP contribution in [0.3, 0.4) is 0 Å². The summed E-state index contributed by atoms with van der Waals surface area (Å²) in [5.74, 6) is 0.187. The zero-order valence-corrected chi connectivity index (χ0v) is 13.3. The summed E-state index contributed by atoms with van der Waals surface area (Å²) < 4.78 is 11.4. The number of fused-ring (bicyclic) bond motifs is 1. The van der Waals surface area contributed by atoms with Gasteiger partial charge in [-0.1, -0.05) is 22.9 Å². The Hall–Kier alpha value is -1.62. The molecule has 106 valence electrons. The maximum Gasteiger partial charge on any atom is 0.356 e. The molecule has 0 atom stereocenters. The number of esters is 1. The molecule has 2 aromatic rings. The van der Waals surface area contributed by atoms with Crippen molar-refractivity contribution >= 4 is 32.8 Å². The topological polar surface area (TPSA) is 48.4 Å². The molecule has 1 aromatic heterocycles. The lowest BCUT2D eigenvalue weighted by Crippen LogP contribution is -2.06. The number of aryl methyl sites for hydroxylation is 1. The van der Waals surface area contributed by atoms with Crippen molar-refractivity contribution in [2.45, 2.75) is 20.3 Å². The Balaban J connectivity index is 2.77. The van der Waals surface area contributed by atoms with Crippen LogP contribution in [-0.4, -0.2) is 24.7 Å². The maximum atomic E-state index is 11.7. The number of hydrogen-bond acceptors (Lipinski definition) is 4. The molecule has 0 fully saturated rings. The Bertz CT molecular complexity index is 655. The molecule has 1 heterocycles. The molecule has 0 N–H and O–H groups in total. The molecule has 0 radical (unpaired) electrons. The molecule has 0 aliphatic carbocycles. The van der Waals surface area contributed by atoms with Crippen LogP contribution in [0.15, 0.2) is 22.7 Å². The first-order chi connectivity index (χ1) is 9.60. The molecule has 0 bridgehead atoms. The molecule has 0 spiro atoms. The summed E-state index contributed by atoms with van der Waals surface area (Å²) >= 11 is 3.50. The Morgan fingerprint density at radius 1 is 1.30 bits per heavy atom. The van der Waals surface area contributed by atoms with Crippen molar-refractivity contribution in [3.63, 3.8) is 0 Å². The van der Waals surface area contributed by atoms with Crippen LogP contribution in [0.5, 0.6) is 5.75 Å². The smallest absolute Gasteiger partial charge is 0.356 e. The van der Waals surface area contributed by atoms with E-state index in [2.05, 4.69) is 20.9 Å². The van der Waals surface area contributed by atoms with E-state index in [1.54, 1.807) is 6.07 Å². The van der Waals surface area contributed by atoms with Crippen molar-refractivity contribution in [2.75, 3.05) is 13.7 Å². The average molecular weight is 338 g/mol. The summed E-state index contributed by atoms with van der Waals surface area (Å²) in [6, 6.07) is 5.59. The van der Waals surface area contributed by atoms with Crippen LogP contribution >= 0.6 is 15.9 Å². The molecule has 2 rings (SSSR count). The van der Waals surface area contributed by atoms with Gasteiger partial charge < -0.3 is 9.47 Å². The lowest BCUT2D eigenvalue weighted by molar-refractivity contribution is 0.0594. The number of pyridine rings is 1. The van der Waals surface area contributed by atoms with Crippen molar-refractivity contribution in [3.05, 3.63) is 33.9 Å². The van der Waals surface area contributed by atoms with Gasteiger partial charge in [0, 0.05) is 15.9 Å². The second-order valence-electron chi connectivity index (χ2n) is 4.24. The van der Waals surface area contributed by atoms with E-state index in [9.17, 15) is 4.79 Å². The Morgan fingerprint density at radius 2 is 2.05 bits per heavy atom. The number of carbonyl (C=O) groups excluding carboxylic acids is 1. The Morgan fingerprint density at radius 3 is 2.65 bits per heavy atom. The minimum atomic E-state index is -0.460. The van der Waals surface area contributed by atoms with Gasteiger partial charge in [-0.2, -0.15) is 0 Å². The predicted octanol–water partition coefficient (Wildman–Crippen LogP) is 3.75. The van der Waals surface area contributed by atoms with Gasteiger partial charge in [-0.05, 0) is 31.0 Å². The summed E-state index contributed by atoms with van der Waals surface area (Å²) in [7, 11) is 1.34. The average Bonchev–Trinajstić information content (AvgIpc) is 2.46. The van der Waals surface area contributed by atoms with Gasteiger partial charge in [0.2, 0.25) is 0 Å². The van der Waals surface area contributed by atoms with Crippen molar-refractivity contribution in [2.24, 2.45) is 0 Å². The molecule has 0 unspecified atom stereocenters. The summed E-state index contributed by atoms with van der Waals surface area (Å²) in [4.78, 5) is 16.2. The van der Waals surface area contributed by atoms with E-state index in [4.69, 9.17) is 9.47 Å². The van der Waals surface area contributed by atoms with E-state index < -0.39 is 5.97 Å². The van der Waals surface area contributed by atoms with E-state index in [1.165, 1.54) is 7.11 Å². The highest BCUT2D eigenvalue weighted by atomic mass is 79.9. The zero-order valence-electron chi connectivity index (χ0n) is 11.7. The third-order valence-electron chi connectivity index (χ3n) is 2.99. The van der Waals surface area contributed by atoms with Gasteiger partial charge in [-0.3, -0.25) is 0 Å². The van der Waals surface area contributed by atoms with Gasteiger partial charge in [-0.25, -0.2) is 9.78 Å². The van der Waals surface area contributed by atoms with Gasteiger partial charge in [0.1, 0.15) is 5.75 Å². The van der Waals surface area contributed by atoms with Crippen molar-refractivity contribution < 1.29 is 14.3 Å². The van der Waals surface area contributed by atoms with Crippen LogP contribution < -0.4 is 4.74 Å². The number of ether oxygens (including phenoxy) is 2. The highest BCUT2D eigenvalue weighted by Gasteiger charge is 2.15. The molecule has 0 aliphatic rings. The lowest BCUT2D eigenvalue weighted by atomic mass is 10.1. The van der Waals surface area contributed by atoms with E-state index in [1.807, 2.05) is 26.0 Å². The number of hydrogen-bond donors (Lipinski definition) is 0. The highest BCUT2D eigenvalue weighted by molar-refractivity contribution is 9.10. The van der Waals surface area contributed by atoms with E-state index in [0.717, 1.165) is 27.4 Å². The van der Waals surface area contributed by atoms with Gasteiger partial charge >= 0.3 is 5.97 Å². The van der Waals surface area contributed by atoms with Crippen LogP contribution in [0.4, 0.5) is 0 Å². The molecule has 5 heteroatoms. The van der Waals surface area contributed by atoms with Crippen LogP contribution in [0.2, 0.25) is 0 Å². The monoisotopic (exact) mass is 337 g/mol. The molecule has 0 saturated heterocycles. The molecular weight excluding hydrogens is 322 g/mol. The maximum absolute atomic E-state index is 11.7. The minimum absolute atomic E-state index is 0.264. The first-order valence-corrected chi connectivity index (χ1v) is 7.24. The standard InChI is InChI=1S/C15H16BrNO3/c1-4-9-6-10(16)7-11-13(20-5-2)8-12(15(18)19-3)17-14(9)11/h6-8H,4-5H2,1-3H3. The van der Waals surface area contributed by atoms with Crippen molar-refractivity contribution in [1.82, 2.24) is 4.98 Å². The molecule has 1 aromatic carbocycles. The fourth-order valence-electron chi connectivity index (χ4n) is 2.08. The number of benzene rings is 1. The first kappa shape index (κ1) is 14.8. The Kier molecular flexibility index (Phi) is 4.60. The molecule has 0 saturated carbocycles. The zero-order chi connectivity index (χ0) is 14.7. The summed E-state index contributed by atoms with van der Waals surface area (Å²) in [5.41, 5.74) is 2.10. The van der Waals surface area contributed by atoms with E-state index in [-0.39, 0.29) is 5.69 Å². The number of carbonyl (C=O) groups is 1. The summed E-state index contributed by atoms with van der Waals surface area (Å²) in [5, 5.41) is 0.894. The van der Waals surface area contributed by atoms with Gasteiger partial charge in [0.15, 0.2) is 5.69 Å². The molecule has 4 nitrogen and oxygen atoms in total. The third-order valence-corrected chi connectivity index (χ3v) is 3.45. The third kappa shape index (κ3) is 2.77. The fraction of sp³-hybridized carbons (Fsp3) is 0.333. The second-order valence-corrected chi connectivity index (χ2v) is 5.16. The largest absolute Gasteiger partial charge is 0.493 e. The highest BCUT2D eigenvalue weighted by Crippen LogP contribution is 2.31. The number of aromatic nitrogens is 1. The normalized spacial score (nSPS) is 10.6. The molecule has 20 heavy (non-hydrogen) atoms. The fourth-order valence-corrected chi connectivity index (χ4v) is 2.59. The van der Waals surface area contributed by atoms with Crippen LogP contribution in [0, 0.1) is 0 Å². The van der Waals surface area contributed by atoms with Crippen LogP contribution in [-0.2, 0) is 11.2 Å². The van der Waals surface area contributed by atoms with Crippen molar-refractivity contribution in [3.8, 4) is 5.75 Å². The predicted molar refractivity (Wildman–Crippen MR) is 81.3 cm³/mol. The number of methoxy groups -OCH3 is 1. The van der Waals surface area contributed by atoms with E-state index >= 15 is 0 Å². The second kappa shape index (κ2) is 6.22. The van der Waals surface area contributed by atoms with Crippen LogP contribution in [0.1, 0.15) is 29.9 Å². The molecule has 0 amide bonds. The molecule has 0 aliphatic heterocycles.